The van der Waals surface area contributed by atoms with Gasteiger partial charge in [0, 0.05) is 30.3 Å². The highest BCUT2D eigenvalue weighted by atomic mass is 35.5. The van der Waals surface area contributed by atoms with E-state index < -0.39 is 0 Å². The van der Waals surface area contributed by atoms with Crippen molar-refractivity contribution in [1.82, 2.24) is 19.8 Å². The maximum atomic E-state index is 12.8. The number of likely N-dealkylation sites (N-methyl/N-ethyl adjacent to an activating group) is 1. The molecule has 2 aromatic rings. The van der Waals surface area contributed by atoms with Crippen LogP contribution in [-0.2, 0) is 13.0 Å². The lowest BCUT2D eigenvalue weighted by Gasteiger charge is -2.17. The summed E-state index contributed by atoms with van der Waals surface area (Å²) < 4.78 is 1.87. The minimum absolute atomic E-state index is 0.232. The van der Waals surface area contributed by atoms with Gasteiger partial charge in [-0.1, -0.05) is 17.7 Å². The third-order valence-electron chi connectivity index (χ3n) is 4.46. The summed E-state index contributed by atoms with van der Waals surface area (Å²) in [6.45, 7) is 1.96. The molecule has 0 fully saturated rings. The van der Waals surface area contributed by atoms with Crippen LogP contribution in [0.25, 0.3) is 0 Å². The Labute approximate surface area is 163 Å². The quantitative estimate of drug-likeness (QED) is 0.795. The Morgan fingerprint density at radius 2 is 2.07 bits per heavy atom. The molecule has 1 aromatic heterocycles. The van der Waals surface area contributed by atoms with Gasteiger partial charge in [-0.15, -0.1) is 0 Å². The first-order valence-electron chi connectivity index (χ1n) is 9.05. The molecule has 2 amide bonds. The van der Waals surface area contributed by atoms with Gasteiger partial charge < -0.3 is 20.1 Å². The van der Waals surface area contributed by atoms with Crippen LogP contribution in [-0.4, -0.2) is 53.5 Å². The number of anilines is 1. The van der Waals surface area contributed by atoms with Crippen LogP contribution in [0.1, 0.15) is 39.6 Å². The van der Waals surface area contributed by atoms with Crippen LogP contribution in [0.5, 0.6) is 0 Å². The molecule has 0 saturated heterocycles. The predicted molar refractivity (Wildman–Crippen MR) is 105 cm³/mol. The minimum atomic E-state index is -0.340. The Morgan fingerprint density at radius 1 is 1.26 bits per heavy atom. The van der Waals surface area contributed by atoms with E-state index in [1.807, 2.05) is 23.6 Å². The number of rotatable bonds is 6. The lowest BCUT2D eigenvalue weighted by atomic mass is 10.1. The van der Waals surface area contributed by atoms with E-state index in [1.165, 1.54) is 0 Å². The Kier molecular flexibility index (Phi) is 6.13. The second-order valence-electron chi connectivity index (χ2n) is 6.86. The monoisotopic (exact) mass is 389 g/mol. The summed E-state index contributed by atoms with van der Waals surface area (Å²) in [5, 5.41) is 6.24. The number of carbonyl (C=O) groups is 2. The number of halogens is 1. The average molecular weight is 390 g/mol. The van der Waals surface area contributed by atoms with Crippen LogP contribution < -0.4 is 10.6 Å². The van der Waals surface area contributed by atoms with Crippen LogP contribution >= 0.6 is 11.6 Å². The van der Waals surface area contributed by atoms with Gasteiger partial charge in [-0.05, 0) is 51.6 Å². The summed E-state index contributed by atoms with van der Waals surface area (Å²) in [6.07, 6.45) is 2.69. The highest BCUT2D eigenvalue weighted by Gasteiger charge is 2.27. The van der Waals surface area contributed by atoms with Gasteiger partial charge in [0.1, 0.15) is 5.69 Å². The molecule has 7 nitrogen and oxygen atoms in total. The van der Waals surface area contributed by atoms with E-state index in [0.29, 0.717) is 29.5 Å². The normalized spacial score (nSPS) is 13.3. The van der Waals surface area contributed by atoms with Crippen LogP contribution in [0.4, 0.5) is 5.69 Å². The van der Waals surface area contributed by atoms with Gasteiger partial charge in [0.15, 0.2) is 5.82 Å². The molecular weight excluding hydrogens is 366 g/mol. The smallest absolute Gasteiger partial charge is 0.291 e. The van der Waals surface area contributed by atoms with Gasteiger partial charge in [0.25, 0.3) is 11.8 Å². The van der Waals surface area contributed by atoms with Crippen LogP contribution in [0.2, 0.25) is 5.02 Å². The number of nitrogens with zero attached hydrogens (tertiary/aromatic N) is 3. The number of benzene rings is 1. The predicted octanol–water partition coefficient (Wildman–Crippen LogP) is 2.42. The molecule has 0 bridgehead atoms. The second kappa shape index (κ2) is 8.54. The van der Waals surface area contributed by atoms with Crippen molar-refractivity contribution < 1.29 is 9.59 Å². The first-order chi connectivity index (χ1) is 13.0. The van der Waals surface area contributed by atoms with Crippen molar-refractivity contribution >= 4 is 29.1 Å². The summed E-state index contributed by atoms with van der Waals surface area (Å²) in [4.78, 5) is 31.7. The van der Waals surface area contributed by atoms with E-state index in [4.69, 9.17) is 11.6 Å². The van der Waals surface area contributed by atoms with Crippen LogP contribution in [0.3, 0.4) is 0 Å². The Bertz CT molecular complexity index is 847. The van der Waals surface area contributed by atoms with Gasteiger partial charge in [-0.25, -0.2) is 4.98 Å². The zero-order valence-corrected chi connectivity index (χ0v) is 16.3. The van der Waals surface area contributed by atoms with Crippen molar-refractivity contribution in [2.75, 3.05) is 32.5 Å². The molecule has 1 aliphatic heterocycles. The molecule has 1 aromatic carbocycles. The van der Waals surface area contributed by atoms with E-state index in [1.54, 1.807) is 24.3 Å². The van der Waals surface area contributed by atoms with E-state index >= 15 is 0 Å². The van der Waals surface area contributed by atoms with Crippen LogP contribution in [0.15, 0.2) is 24.3 Å². The molecule has 2 N–H and O–H groups in total. The third-order valence-corrected chi connectivity index (χ3v) is 4.70. The molecule has 0 radical (unpaired) electrons. The van der Waals surface area contributed by atoms with Gasteiger partial charge in [0.05, 0.1) is 5.69 Å². The van der Waals surface area contributed by atoms with Crippen molar-refractivity contribution in [2.24, 2.45) is 0 Å². The third kappa shape index (κ3) is 4.67. The molecule has 0 aliphatic carbocycles. The maximum absolute atomic E-state index is 12.8. The van der Waals surface area contributed by atoms with Crippen molar-refractivity contribution in [2.45, 2.75) is 25.8 Å². The number of nitrogens with one attached hydrogen (secondary N) is 2. The first-order valence-corrected chi connectivity index (χ1v) is 9.42. The molecule has 8 heteroatoms. The summed E-state index contributed by atoms with van der Waals surface area (Å²) in [5.74, 6) is -0.306. The molecule has 2 heterocycles. The van der Waals surface area contributed by atoms with E-state index in [0.717, 1.165) is 31.5 Å². The largest absolute Gasteiger partial charge is 0.349 e. The molecule has 3 rings (SSSR count). The maximum Gasteiger partial charge on any atom is 0.291 e. The van der Waals surface area contributed by atoms with E-state index in [2.05, 4.69) is 15.6 Å². The summed E-state index contributed by atoms with van der Waals surface area (Å²) in [7, 11) is 3.89. The van der Waals surface area contributed by atoms with Crippen molar-refractivity contribution in [3.05, 3.63) is 46.5 Å². The SMILES string of the molecule is CN(C)CCNC(=O)c1nc(C(=O)Nc2cccc(Cl)c2)n2c1CCCC2. The average Bonchev–Trinajstić information content (AvgIpc) is 3.01. The molecule has 0 spiro atoms. The van der Waals surface area contributed by atoms with E-state index in [-0.39, 0.29) is 17.6 Å². The van der Waals surface area contributed by atoms with E-state index in [9.17, 15) is 9.59 Å². The van der Waals surface area contributed by atoms with Crippen molar-refractivity contribution in [3.8, 4) is 0 Å². The molecular formula is C19H24ClN5O2. The summed E-state index contributed by atoms with van der Waals surface area (Å²) in [6, 6.07) is 6.94. The standard InChI is InChI=1S/C19H24ClN5O2/c1-24(2)11-9-21-18(26)16-15-8-3-4-10-25(15)17(23-16)19(27)22-14-7-5-6-13(20)12-14/h5-7,12H,3-4,8-11H2,1-2H3,(H,21,26)(H,22,27). The fraction of sp³-hybridized carbons (Fsp3) is 0.421. The molecule has 0 saturated carbocycles. The fourth-order valence-corrected chi connectivity index (χ4v) is 3.32. The molecule has 27 heavy (non-hydrogen) atoms. The number of hydrogen-bond acceptors (Lipinski definition) is 4. The topological polar surface area (TPSA) is 79.3 Å². The van der Waals surface area contributed by atoms with Crippen molar-refractivity contribution in [3.63, 3.8) is 0 Å². The number of fused-ring (bicyclic) bond motifs is 1. The Hall–Kier alpha value is -2.38. The lowest BCUT2D eigenvalue weighted by molar-refractivity contribution is 0.0945. The molecule has 0 unspecified atom stereocenters. The van der Waals surface area contributed by atoms with Crippen molar-refractivity contribution in [1.29, 1.82) is 0 Å². The zero-order valence-electron chi connectivity index (χ0n) is 15.6. The molecule has 1 aliphatic rings. The van der Waals surface area contributed by atoms with Gasteiger partial charge in [-0.3, -0.25) is 9.59 Å². The molecule has 0 atom stereocenters. The summed E-state index contributed by atoms with van der Waals surface area (Å²) >= 11 is 5.98. The minimum Gasteiger partial charge on any atom is -0.349 e. The first kappa shape index (κ1) is 19.4. The van der Waals surface area contributed by atoms with Gasteiger partial charge in [-0.2, -0.15) is 0 Å². The highest BCUT2D eigenvalue weighted by Crippen LogP contribution is 2.22. The van der Waals surface area contributed by atoms with Crippen LogP contribution in [0, 0.1) is 0 Å². The number of imidazole rings is 1. The fourth-order valence-electron chi connectivity index (χ4n) is 3.13. The number of amides is 2. The molecule has 144 valence electrons. The second-order valence-corrected chi connectivity index (χ2v) is 7.30. The number of hydrogen-bond donors (Lipinski definition) is 2. The highest BCUT2D eigenvalue weighted by molar-refractivity contribution is 6.30. The van der Waals surface area contributed by atoms with Gasteiger partial charge in [0.2, 0.25) is 0 Å². The number of aromatic nitrogens is 2. The lowest BCUT2D eigenvalue weighted by Crippen LogP contribution is -2.32. The Morgan fingerprint density at radius 3 is 2.81 bits per heavy atom. The Balaban J connectivity index is 1.82. The number of carbonyl (C=O) groups excluding carboxylic acids is 2. The van der Waals surface area contributed by atoms with Gasteiger partial charge >= 0.3 is 0 Å². The zero-order chi connectivity index (χ0) is 19.4. The summed E-state index contributed by atoms with van der Waals surface area (Å²) in [5.41, 5.74) is 1.78.